The Labute approximate surface area is 110 Å². The molecule has 0 aliphatic heterocycles. The van der Waals surface area contributed by atoms with Crippen LogP contribution in [0.4, 0.5) is 0 Å². The molecule has 1 rings (SSSR count). The van der Waals surface area contributed by atoms with Crippen LogP contribution in [-0.4, -0.2) is 30.2 Å². The van der Waals surface area contributed by atoms with Gasteiger partial charge in [-0.05, 0) is 32.9 Å². The number of nitrogens with zero attached hydrogens (tertiary/aromatic N) is 1. The van der Waals surface area contributed by atoms with E-state index in [1.807, 2.05) is 12.1 Å². The van der Waals surface area contributed by atoms with Crippen LogP contribution < -0.4 is 4.74 Å². The third-order valence-corrected chi connectivity index (χ3v) is 3.91. The molecular weight excluding hydrogens is 226 g/mol. The maximum atomic E-state index is 10.1. The fraction of sp³-hybridized carbons (Fsp3) is 0.600. The average Bonchev–Trinajstić information content (AvgIpc) is 2.35. The van der Waals surface area contributed by atoms with Crippen molar-refractivity contribution < 1.29 is 9.84 Å². The fourth-order valence-corrected chi connectivity index (χ4v) is 2.05. The van der Waals surface area contributed by atoms with E-state index >= 15 is 0 Å². The molecule has 0 heterocycles. The predicted octanol–water partition coefficient (Wildman–Crippen LogP) is 3.44. The van der Waals surface area contributed by atoms with Gasteiger partial charge in [-0.25, -0.2) is 0 Å². The molecule has 2 atom stereocenters. The Bertz CT molecular complexity index is 390. The lowest BCUT2D eigenvalue weighted by atomic mass is 9.99. The van der Waals surface area contributed by atoms with E-state index in [4.69, 9.17) is 4.74 Å². The van der Waals surface area contributed by atoms with Gasteiger partial charge >= 0.3 is 0 Å². The first-order chi connectivity index (χ1) is 8.38. The van der Waals surface area contributed by atoms with Crippen LogP contribution in [0.25, 0.3) is 0 Å². The zero-order valence-corrected chi connectivity index (χ0v) is 12.3. The summed E-state index contributed by atoms with van der Waals surface area (Å²) >= 11 is 0. The van der Waals surface area contributed by atoms with Crippen molar-refractivity contribution >= 4 is 0 Å². The highest BCUT2D eigenvalue weighted by atomic mass is 16.5. The summed E-state index contributed by atoms with van der Waals surface area (Å²) in [7, 11) is 3.70. The second-order valence-electron chi connectivity index (χ2n) is 5.25. The van der Waals surface area contributed by atoms with Gasteiger partial charge in [-0.1, -0.05) is 19.9 Å². The van der Waals surface area contributed by atoms with Crippen LogP contribution in [0, 0.1) is 5.92 Å². The van der Waals surface area contributed by atoms with Crippen LogP contribution in [-0.2, 0) is 0 Å². The molecule has 0 saturated heterocycles. The third kappa shape index (κ3) is 3.16. The first kappa shape index (κ1) is 14.8. The van der Waals surface area contributed by atoms with E-state index in [-0.39, 0.29) is 6.04 Å². The number of ether oxygens (including phenoxy) is 1. The Morgan fingerprint density at radius 3 is 2.22 bits per heavy atom. The summed E-state index contributed by atoms with van der Waals surface area (Å²) in [6, 6.07) is 6.12. The zero-order valence-electron chi connectivity index (χ0n) is 12.3. The van der Waals surface area contributed by atoms with E-state index in [1.54, 1.807) is 13.2 Å². The maximum absolute atomic E-state index is 10.1. The molecule has 0 aromatic heterocycles. The van der Waals surface area contributed by atoms with Gasteiger partial charge in [-0.2, -0.15) is 0 Å². The van der Waals surface area contributed by atoms with Gasteiger partial charge < -0.3 is 9.84 Å². The number of phenols is 1. The SMILES string of the molecule is COc1ccc(C(C)N(C)C(C)C(C)C)c(O)c1. The lowest BCUT2D eigenvalue weighted by molar-refractivity contribution is 0.156. The quantitative estimate of drug-likeness (QED) is 0.870. The highest BCUT2D eigenvalue weighted by molar-refractivity contribution is 5.41. The minimum absolute atomic E-state index is 0.174. The van der Waals surface area contributed by atoms with Gasteiger partial charge in [0.1, 0.15) is 11.5 Å². The van der Waals surface area contributed by atoms with Crippen molar-refractivity contribution in [1.29, 1.82) is 0 Å². The molecule has 1 aromatic carbocycles. The average molecular weight is 251 g/mol. The summed E-state index contributed by atoms with van der Waals surface area (Å²) in [5.74, 6) is 1.56. The molecule has 18 heavy (non-hydrogen) atoms. The number of aromatic hydroxyl groups is 1. The van der Waals surface area contributed by atoms with Crippen molar-refractivity contribution in [2.24, 2.45) is 5.92 Å². The van der Waals surface area contributed by atoms with Gasteiger partial charge in [-0.3, -0.25) is 4.90 Å². The van der Waals surface area contributed by atoms with Gasteiger partial charge in [0, 0.05) is 23.7 Å². The van der Waals surface area contributed by atoms with Crippen molar-refractivity contribution in [3.05, 3.63) is 23.8 Å². The van der Waals surface area contributed by atoms with Gasteiger partial charge in [0.15, 0.2) is 0 Å². The second kappa shape index (κ2) is 6.10. The first-order valence-corrected chi connectivity index (χ1v) is 6.47. The van der Waals surface area contributed by atoms with Crippen molar-refractivity contribution in [1.82, 2.24) is 4.90 Å². The van der Waals surface area contributed by atoms with E-state index in [0.29, 0.717) is 23.5 Å². The van der Waals surface area contributed by atoms with Crippen molar-refractivity contribution in [2.45, 2.75) is 39.8 Å². The molecule has 0 aliphatic carbocycles. The first-order valence-electron chi connectivity index (χ1n) is 6.47. The third-order valence-electron chi connectivity index (χ3n) is 3.91. The van der Waals surface area contributed by atoms with E-state index < -0.39 is 0 Å². The number of hydrogen-bond acceptors (Lipinski definition) is 3. The summed E-state index contributed by atoms with van der Waals surface area (Å²) in [4.78, 5) is 2.28. The second-order valence-corrected chi connectivity index (χ2v) is 5.25. The molecular formula is C15H25NO2. The monoisotopic (exact) mass is 251 g/mol. The van der Waals surface area contributed by atoms with E-state index in [0.717, 1.165) is 5.56 Å². The molecule has 3 nitrogen and oxygen atoms in total. The van der Waals surface area contributed by atoms with Crippen LogP contribution in [0.2, 0.25) is 0 Å². The summed E-state index contributed by atoms with van der Waals surface area (Å²) in [5, 5.41) is 10.1. The van der Waals surface area contributed by atoms with E-state index in [1.165, 1.54) is 0 Å². The molecule has 0 aliphatic rings. The highest BCUT2D eigenvalue weighted by Gasteiger charge is 2.21. The molecule has 0 fully saturated rings. The molecule has 1 aromatic rings. The Hall–Kier alpha value is -1.22. The van der Waals surface area contributed by atoms with Gasteiger partial charge in [0.25, 0.3) is 0 Å². The van der Waals surface area contributed by atoms with Crippen LogP contribution in [0.1, 0.15) is 39.3 Å². The Kier molecular flexibility index (Phi) is 5.03. The van der Waals surface area contributed by atoms with Crippen LogP contribution >= 0.6 is 0 Å². The zero-order chi connectivity index (χ0) is 13.9. The minimum Gasteiger partial charge on any atom is -0.507 e. The number of hydrogen-bond donors (Lipinski definition) is 1. The number of benzene rings is 1. The number of methoxy groups -OCH3 is 1. The van der Waals surface area contributed by atoms with Crippen LogP contribution in [0.15, 0.2) is 18.2 Å². The molecule has 2 unspecified atom stereocenters. The minimum atomic E-state index is 0.174. The molecule has 3 heteroatoms. The fourth-order valence-electron chi connectivity index (χ4n) is 2.05. The molecule has 0 amide bonds. The molecule has 0 spiro atoms. The smallest absolute Gasteiger partial charge is 0.124 e. The Morgan fingerprint density at radius 1 is 1.17 bits per heavy atom. The van der Waals surface area contributed by atoms with Crippen molar-refractivity contribution in [3.8, 4) is 11.5 Å². The maximum Gasteiger partial charge on any atom is 0.124 e. The Morgan fingerprint density at radius 2 is 1.78 bits per heavy atom. The van der Waals surface area contributed by atoms with Crippen LogP contribution in [0.5, 0.6) is 11.5 Å². The van der Waals surface area contributed by atoms with Gasteiger partial charge in [-0.15, -0.1) is 0 Å². The normalized spacial score (nSPS) is 14.9. The molecule has 0 radical (unpaired) electrons. The van der Waals surface area contributed by atoms with E-state index in [9.17, 15) is 5.11 Å². The van der Waals surface area contributed by atoms with E-state index in [2.05, 4.69) is 39.6 Å². The highest BCUT2D eigenvalue weighted by Crippen LogP contribution is 2.32. The predicted molar refractivity (Wildman–Crippen MR) is 75.1 cm³/mol. The Balaban J connectivity index is 2.93. The number of phenolic OH excluding ortho intramolecular Hbond substituents is 1. The summed E-state index contributed by atoms with van der Waals surface area (Å²) in [5.41, 5.74) is 0.936. The summed E-state index contributed by atoms with van der Waals surface area (Å²) < 4.78 is 5.10. The van der Waals surface area contributed by atoms with Gasteiger partial charge in [0.2, 0.25) is 0 Å². The standard InChI is InChI=1S/C15H25NO2/c1-10(2)11(3)16(5)12(4)14-8-7-13(18-6)9-15(14)17/h7-12,17H,1-6H3. The molecule has 102 valence electrons. The molecule has 0 bridgehead atoms. The van der Waals surface area contributed by atoms with Crippen LogP contribution in [0.3, 0.4) is 0 Å². The van der Waals surface area contributed by atoms with Crippen molar-refractivity contribution in [3.63, 3.8) is 0 Å². The molecule has 0 saturated carbocycles. The molecule has 1 N–H and O–H groups in total. The van der Waals surface area contributed by atoms with Crippen molar-refractivity contribution in [2.75, 3.05) is 14.2 Å². The topological polar surface area (TPSA) is 32.7 Å². The lowest BCUT2D eigenvalue weighted by Crippen LogP contribution is -2.35. The summed E-state index contributed by atoms with van der Waals surface area (Å²) in [6.45, 7) is 8.74. The van der Waals surface area contributed by atoms with Gasteiger partial charge in [0.05, 0.1) is 7.11 Å². The summed E-state index contributed by atoms with van der Waals surface area (Å²) in [6.07, 6.45) is 0. The largest absolute Gasteiger partial charge is 0.507 e. The lowest BCUT2D eigenvalue weighted by Gasteiger charge is -2.33. The number of rotatable bonds is 5.